The number of nitrogens with one attached hydrogen (secondary N) is 3. The fourth-order valence-corrected chi connectivity index (χ4v) is 4.13. The van der Waals surface area contributed by atoms with Crippen molar-refractivity contribution in [2.75, 3.05) is 5.32 Å². The molecule has 4 aromatic rings. The van der Waals surface area contributed by atoms with Gasteiger partial charge in [-0.15, -0.1) is 0 Å². The van der Waals surface area contributed by atoms with E-state index in [1.165, 1.54) is 10.8 Å². The predicted molar refractivity (Wildman–Crippen MR) is 133 cm³/mol. The van der Waals surface area contributed by atoms with Crippen LogP contribution in [0, 0.1) is 0 Å². The Kier molecular flexibility index (Phi) is 6.24. The van der Waals surface area contributed by atoms with Crippen molar-refractivity contribution in [1.29, 1.82) is 0 Å². The Morgan fingerprint density at radius 2 is 1.97 bits per heavy atom. The Balaban J connectivity index is 1.42. The maximum Gasteiger partial charge on any atom is 0.329 e. The van der Waals surface area contributed by atoms with E-state index in [9.17, 15) is 19.2 Å². The number of aromatic nitrogens is 3. The molecule has 5 rings (SSSR count). The first kappa shape index (κ1) is 23.3. The van der Waals surface area contributed by atoms with Gasteiger partial charge in [-0.25, -0.2) is 9.78 Å². The number of carbonyl (C=O) groups is 2. The summed E-state index contributed by atoms with van der Waals surface area (Å²) in [6.07, 6.45) is 4.00. The van der Waals surface area contributed by atoms with E-state index in [2.05, 4.69) is 20.6 Å². The number of hydrogen-bond acceptors (Lipinski definition) is 6. The van der Waals surface area contributed by atoms with E-state index in [-0.39, 0.29) is 40.7 Å². The molecule has 0 aliphatic heterocycles. The van der Waals surface area contributed by atoms with Gasteiger partial charge in [-0.3, -0.25) is 23.9 Å². The summed E-state index contributed by atoms with van der Waals surface area (Å²) in [7, 11) is 0. The Bertz CT molecular complexity index is 1560. The number of nitrogens with zero attached hydrogens (tertiary/aromatic N) is 2. The van der Waals surface area contributed by atoms with Crippen LogP contribution in [0.5, 0.6) is 0 Å². The van der Waals surface area contributed by atoms with Crippen molar-refractivity contribution in [2.24, 2.45) is 0 Å². The summed E-state index contributed by atoms with van der Waals surface area (Å²) in [6.45, 7) is 2.47. The Hall–Kier alpha value is -4.47. The second-order valence-electron chi connectivity index (χ2n) is 8.79. The number of fused-ring (bicyclic) bond motifs is 1. The molecule has 0 atom stereocenters. The lowest BCUT2D eigenvalue weighted by molar-refractivity contribution is 0.0950. The lowest BCUT2D eigenvalue weighted by Gasteiger charge is -2.13. The topological polar surface area (TPSA) is 139 Å². The third-order valence-electron chi connectivity index (χ3n) is 6.04. The van der Waals surface area contributed by atoms with Gasteiger partial charge in [0.1, 0.15) is 0 Å². The van der Waals surface area contributed by atoms with Crippen molar-refractivity contribution in [3.05, 3.63) is 92.1 Å². The highest BCUT2D eigenvalue weighted by Crippen LogP contribution is 2.39. The zero-order valence-electron chi connectivity index (χ0n) is 19.7. The van der Waals surface area contributed by atoms with Crippen LogP contribution >= 0.6 is 0 Å². The molecule has 0 bridgehead atoms. The number of furan rings is 1. The average Bonchev–Trinajstić information content (AvgIpc) is 3.57. The van der Waals surface area contributed by atoms with Gasteiger partial charge in [0.15, 0.2) is 11.4 Å². The van der Waals surface area contributed by atoms with Gasteiger partial charge in [0.05, 0.1) is 17.2 Å². The van der Waals surface area contributed by atoms with Crippen LogP contribution in [-0.4, -0.2) is 26.3 Å². The van der Waals surface area contributed by atoms with Crippen molar-refractivity contribution in [3.8, 4) is 0 Å². The Morgan fingerprint density at radius 1 is 1.14 bits per heavy atom. The standard InChI is InChI=1S/C26H25N5O5/c1-2-10-31-22-21(25(34)30-26(31)35)18(13-19(29-22)16-8-9-16)23(32)27-14-15-5-3-6-17(12-15)28-24(33)20-7-4-11-36-20/h3-7,11-13,16H,2,8-10,14H2,1H3,(H,27,32)(H,28,33)(H,30,34,35). The molecule has 10 heteroatoms. The van der Waals surface area contributed by atoms with Gasteiger partial charge in [-0.2, -0.15) is 0 Å². The normalized spacial score (nSPS) is 13.0. The largest absolute Gasteiger partial charge is 0.459 e. The van der Waals surface area contributed by atoms with Crippen molar-refractivity contribution >= 4 is 28.5 Å². The molecule has 10 nitrogen and oxygen atoms in total. The highest BCUT2D eigenvalue weighted by atomic mass is 16.3. The summed E-state index contributed by atoms with van der Waals surface area (Å²) in [6, 6.07) is 11.9. The first-order valence-electron chi connectivity index (χ1n) is 11.8. The van der Waals surface area contributed by atoms with Crippen molar-refractivity contribution in [2.45, 2.75) is 45.2 Å². The van der Waals surface area contributed by atoms with E-state index in [0.717, 1.165) is 18.4 Å². The summed E-state index contributed by atoms with van der Waals surface area (Å²) in [5.74, 6) is -0.410. The molecule has 1 aromatic carbocycles. The van der Waals surface area contributed by atoms with E-state index in [1.807, 2.05) is 13.0 Å². The molecule has 0 unspecified atom stereocenters. The van der Waals surface area contributed by atoms with Crippen LogP contribution in [0.2, 0.25) is 0 Å². The molecule has 0 spiro atoms. The number of carbonyl (C=O) groups excluding carboxylic acids is 2. The molecule has 1 saturated carbocycles. The molecule has 1 aliphatic carbocycles. The molecular formula is C26H25N5O5. The Labute approximate surface area is 205 Å². The zero-order chi connectivity index (χ0) is 25.2. The molecule has 3 heterocycles. The highest BCUT2D eigenvalue weighted by Gasteiger charge is 2.28. The molecule has 184 valence electrons. The number of anilines is 1. The fourth-order valence-electron chi connectivity index (χ4n) is 4.13. The predicted octanol–water partition coefficient (Wildman–Crippen LogP) is 3.15. The maximum absolute atomic E-state index is 13.3. The van der Waals surface area contributed by atoms with Gasteiger partial charge in [0.25, 0.3) is 17.4 Å². The molecule has 1 fully saturated rings. The van der Waals surface area contributed by atoms with Crippen LogP contribution in [0.1, 0.15) is 64.3 Å². The monoisotopic (exact) mass is 487 g/mol. The van der Waals surface area contributed by atoms with Gasteiger partial charge in [0, 0.05) is 30.4 Å². The second-order valence-corrected chi connectivity index (χ2v) is 8.79. The zero-order valence-corrected chi connectivity index (χ0v) is 19.7. The third-order valence-corrected chi connectivity index (χ3v) is 6.04. The SMILES string of the molecule is CCCn1c(=O)[nH]c(=O)c2c(C(=O)NCc3cccc(NC(=O)c4ccco4)c3)cc(C3CC3)nc21. The maximum atomic E-state index is 13.3. The minimum absolute atomic E-state index is 0.101. The average molecular weight is 488 g/mol. The van der Waals surface area contributed by atoms with Crippen molar-refractivity contribution < 1.29 is 14.0 Å². The lowest BCUT2D eigenvalue weighted by atomic mass is 10.1. The molecular weight excluding hydrogens is 462 g/mol. The van der Waals surface area contributed by atoms with Crippen molar-refractivity contribution in [3.63, 3.8) is 0 Å². The van der Waals surface area contributed by atoms with Crippen LogP contribution in [0.15, 0.2) is 62.7 Å². The minimum atomic E-state index is -0.634. The first-order chi connectivity index (χ1) is 17.4. The minimum Gasteiger partial charge on any atom is -0.459 e. The van der Waals surface area contributed by atoms with E-state index >= 15 is 0 Å². The van der Waals surface area contributed by atoms with Crippen LogP contribution in [-0.2, 0) is 13.1 Å². The number of pyridine rings is 1. The highest BCUT2D eigenvalue weighted by molar-refractivity contribution is 6.05. The molecule has 0 radical (unpaired) electrons. The summed E-state index contributed by atoms with van der Waals surface area (Å²) >= 11 is 0. The number of H-pyrrole nitrogens is 1. The van der Waals surface area contributed by atoms with E-state index in [1.54, 1.807) is 36.4 Å². The molecule has 2 amide bonds. The Morgan fingerprint density at radius 3 is 2.69 bits per heavy atom. The smallest absolute Gasteiger partial charge is 0.329 e. The number of hydrogen-bond donors (Lipinski definition) is 3. The third kappa shape index (κ3) is 4.70. The summed E-state index contributed by atoms with van der Waals surface area (Å²) in [5, 5.41) is 5.71. The number of rotatable bonds is 8. The van der Waals surface area contributed by atoms with Crippen LogP contribution in [0.3, 0.4) is 0 Å². The number of benzene rings is 1. The lowest BCUT2D eigenvalue weighted by Crippen LogP contribution is -2.33. The van der Waals surface area contributed by atoms with Gasteiger partial charge in [0.2, 0.25) is 0 Å². The van der Waals surface area contributed by atoms with Crippen LogP contribution in [0.4, 0.5) is 5.69 Å². The molecule has 3 aromatic heterocycles. The van der Waals surface area contributed by atoms with Crippen molar-refractivity contribution in [1.82, 2.24) is 19.9 Å². The van der Waals surface area contributed by atoms with E-state index in [0.29, 0.717) is 24.3 Å². The molecule has 36 heavy (non-hydrogen) atoms. The van der Waals surface area contributed by atoms with Gasteiger partial charge < -0.3 is 15.1 Å². The molecule has 0 saturated heterocycles. The van der Waals surface area contributed by atoms with Gasteiger partial charge in [-0.1, -0.05) is 19.1 Å². The molecule has 3 N–H and O–H groups in total. The summed E-state index contributed by atoms with van der Waals surface area (Å²) in [5.41, 5.74) is 1.27. The van der Waals surface area contributed by atoms with Gasteiger partial charge in [-0.05, 0) is 55.2 Å². The van der Waals surface area contributed by atoms with Crippen LogP contribution in [0.25, 0.3) is 11.0 Å². The van der Waals surface area contributed by atoms with E-state index < -0.39 is 17.2 Å². The quantitative estimate of drug-likeness (QED) is 0.349. The van der Waals surface area contributed by atoms with E-state index in [4.69, 9.17) is 4.42 Å². The number of aryl methyl sites for hydroxylation is 1. The van der Waals surface area contributed by atoms with Gasteiger partial charge >= 0.3 is 5.69 Å². The van der Waals surface area contributed by atoms with Crippen LogP contribution < -0.4 is 21.9 Å². The molecule has 1 aliphatic rings. The number of amides is 2. The second kappa shape index (κ2) is 9.65. The first-order valence-corrected chi connectivity index (χ1v) is 11.8. The number of aromatic amines is 1. The summed E-state index contributed by atoms with van der Waals surface area (Å²) < 4.78 is 6.53. The fraction of sp³-hybridized carbons (Fsp3) is 0.269. The summed E-state index contributed by atoms with van der Waals surface area (Å²) in [4.78, 5) is 57.7.